The molecule has 2 aliphatic heterocycles. The number of allylic oxidation sites excluding steroid dienone is 2. The normalized spacial score (nSPS) is 49.1. The van der Waals surface area contributed by atoms with Crippen LogP contribution in [0.2, 0.25) is 0 Å². The van der Waals surface area contributed by atoms with Crippen LogP contribution >= 0.6 is 0 Å². The third-order valence-corrected chi connectivity index (χ3v) is 11.1. The molecule has 0 aromatic heterocycles. The molecule has 11 heteroatoms. The summed E-state index contributed by atoms with van der Waals surface area (Å²) in [6.45, 7) is 9.67. The number of methoxy groups -OCH3 is 2. The summed E-state index contributed by atoms with van der Waals surface area (Å²) in [6.07, 6.45) is -2.89. The minimum absolute atomic E-state index is 0.0724. The average molecular weight is 627 g/mol. The minimum Gasteiger partial charge on any atom is -0.393 e. The number of aliphatic hydroxyl groups is 5. The number of fused-ring (bicyclic) bond motifs is 3. The minimum atomic E-state index is -1.33. The molecule has 5 N–H and O–H groups in total. The molecule has 0 bridgehead atoms. The maximum atomic E-state index is 12.2. The second-order valence-corrected chi connectivity index (χ2v) is 14.5. The van der Waals surface area contributed by atoms with Gasteiger partial charge in [0.1, 0.15) is 47.8 Å². The molecule has 1 saturated carbocycles. The number of aliphatic hydroxyl groups excluding tert-OH is 4. The average Bonchev–Trinajstić information content (AvgIpc) is 3.43. The van der Waals surface area contributed by atoms with Crippen LogP contribution in [0.3, 0.4) is 0 Å². The third-order valence-electron chi connectivity index (χ3n) is 11.1. The van der Waals surface area contributed by atoms with E-state index in [0.29, 0.717) is 12.8 Å². The van der Waals surface area contributed by atoms with Gasteiger partial charge in [-0.3, -0.25) is 0 Å². The first kappa shape index (κ1) is 34.4. The molecule has 252 valence electrons. The lowest BCUT2D eigenvalue weighted by atomic mass is 9.68. The molecule has 0 amide bonds. The van der Waals surface area contributed by atoms with Crippen LogP contribution in [0.15, 0.2) is 22.8 Å². The standard InChI is InChI=1S/C33H54O11/c1-17(2)19-8-10-31(4)12-21-20(9-11-33(21,38)16-40-7)18(3)25(36)28(24(19)31)43-30-26(37)29-27(22(42-30)13-39-6)44-32(5,15-34)23(35)14-41-29/h12,17-18,20,22-23,25-30,34-38H,8-11,13-16H2,1-7H3/b21-12+/t18-,20+,22-,23+,25-,26-,27-,28-,29-,30-,31-,32-,33+/m1/s1. The molecule has 0 aromatic rings. The Balaban J connectivity index is 1.54. The van der Waals surface area contributed by atoms with Crippen LogP contribution in [0.5, 0.6) is 0 Å². The molecule has 2 saturated heterocycles. The molecular formula is C33H54O11. The molecule has 11 nitrogen and oxygen atoms in total. The fourth-order valence-corrected chi connectivity index (χ4v) is 8.38. The van der Waals surface area contributed by atoms with Crippen molar-refractivity contribution in [2.24, 2.45) is 23.2 Å². The van der Waals surface area contributed by atoms with Crippen molar-refractivity contribution < 1.29 is 54.0 Å². The van der Waals surface area contributed by atoms with E-state index in [9.17, 15) is 25.5 Å². The van der Waals surface area contributed by atoms with Crippen LogP contribution in [0.1, 0.15) is 60.3 Å². The predicted octanol–water partition coefficient (Wildman–Crippen LogP) is 1.48. The van der Waals surface area contributed by atoms with Gasteiger partial charge in [-0.1, -0.05) is 39.3 Å². The van der Waals surface area contributed by atoms with Crippen LogP contribution in [0, 0.1) is 23.2 Å². The number of hydrogen-bond acceptors (Lipinski definition) is 11. The third kappa shape index (κ3) is 5.85. The van der Waals surface area contributed by atoms with Crippen LogP contribution in [0.4, 0.5) is 0 Å². The zero-order valence-electron chi connectivity index (χ0n) is 27.3. The fraction of sp³-hybridized carbons (Fsp3) is 0.879. The van der Waals surface area contributed by atoms with Gasteiger partial charge >= 0.3 is 0 Å². The van der Waals surface area contributed by atoms with Crippen LogP contribution in [-0.4, -0.2) is 126 Å². The Morgan fingerprint density at radius 3 is 2.41 bits per heavy atom. The van der Waals surface area contributed by atoms with Crippen LogP contribution in [0.25, 0.3) is 0 Å². The summed E-state index contributed by atoms with van der Waals surface area (Å²) < 4.78 is 36.2. The molecule has 5 rings (SSSR count). The topological polar surface area (TPSA) is 157 Å². The van der Waals surface area contributed by atoms with Gasteiger partial charge in [-0.15, -0.1) is 0 Å². The van der Waals surface area contributed by atoms with Crippen molar-refractivity contribution in [1.29, 1.82) is 0 Å². The Morgan fingerprint density at radius 1 is 1.05 bits per heavy atom. The van der Waals surface area contributed by atoms with Crippen molar-refractivity contribution in [3.05, 3.63) is 22.8 Å². The lowest BCUT2D eigenvalue weighted by Gasteiger charge is -2.48. The molecule has 3 fully saturated rings. The van der Waals surface area contributed by atoms with Gasteiger partial charge in [0.2, 0.25) is 0 Å². The second-order valence-electron chi connectivity index (χ2n) is 14.5. The summed E-state index contributed by atoms with van der Waals surface area (Å²) in [7, 11) is 3.12. The molecule has 3 aliphatic carbocycles. The molecular weight excluding hydrogens is 572 g/mol. The van der Waals surface area contributed by atoms with Gasteiger partial charge < -0.3 is 54.0 Å². The molecule has 44 heavy (non-hydrogen) atoms. The van der Waals surface area contributed by atoms with E-state index in [4.69, 9.17) is 28.4 Å². The summed E-state index contributed by atoms with van der Waals surface area (Å²) in [4.78, 5) is 0. The Hall–Kier alpha value is -0.960. The summed E-state index contributed by atoms with van der Waals surface area (Å²) in [5.41, 5.74) is 0.165. The lowest BCUT2D eigenvalue weighted by Crippen LogP contribution is -2.63. The molecule has 0 radical (unpaired) electrons. The maximum absolute atomic E-state index is 12.2. The zero-order valence-corrected chi connectivity index (χ0v) is 27.3. The maximum Gasteiger partial charge on any atom is 0.187 e. The first-order valence-corrected chi connectivity index (χ1v) is 16.2. The second kappa shape index (κ2) is 12.9. The van der Waals surface area contributed by atoms with Gasteiger partial charge in [0.05, 0.1) is 32.5 Å². The van der Waals surface area contributed by atoms with Gasteiger partial charge in [-0.05, 0) is 61.5 Å². The number of ether oxygens (including phenoxy) is 6. The van der Waals surface area contributed by atoms with Crippen molar-refractivity contribution in [2.45, 2.75) is 121 Å². The largest absolute Gasteiger partial charge is 0.393 e. The molecule has 0 aromatic carbocycles. The first-order chi connectivity index (χ1) is 20.7. The van der Waals surface area contributed by atoms with E-state index in [1.807, 2.05) is 6.92 Å². The smallest absolute Gasteiger partial charge is 0.187 e. The zero-order chi connectivity index (χ0) is 32.2. The molecule has 5 aliphatic rings. The Labute approximate surface area is 261 Å². The highest BCUT2D eigenvalue weighted by Crippen LogP contribution is 2.56. The monoisotopic (exact) mass is 626 g/mol. The van der Waals surface area contributed by atoms with Crippen molar-refractivity contribution in [1.82, 2.24) is 0 Å². The summed E-state index contributed by atoms with van der Waals surface area (Å²) in [6, 6.07) is 0. The van der Waals surface area contributed by atoms with E-state index in [2.05, 4.69) is 26.8 Å². The Kier molecular flexibility index (Phi) is 10.1. The quantitative estimate of drug-likeness (QED) is 0.249. The molecule has 13 atom stereocenters. The molecule has 2 heterocycles. The highest BCUT2D eigenvalue weighted by molar-refractivity contribution is 5.42. The van der Waals surface area contributed by atoms with E-state index in [1.54, 1.807) is 14.0 Å². The van der Waals surface area contributed by atoms with Gasteiger partial charge in [0.15, 0.2) is 6.29 Å². The van der Waals surface area contributed by atoms with Crippen molar-refractivity contribution >= 4 is 0 Å². The summed E-state index contributed by atoms with van der Waals surface area (Å²) in [5, 5.41) is 56.3. The van der Waals surface area contributed by atoms with Crippen molar-refractivity contribution in [3.8, 4) is 0 Å². The van der Waals surface area contributed by atoms with Gasteiger partial charge in [0.25, 0.3) is 0 Å². The SMILES string of the molecule is COC[C@H]1O[C@H](O[C@@H]2C3=C(C(C)C)CC[C@]3(C)/C=C3\[C@@H](CC[C@]3(O)COC)[C@@H](C)[C@H]2O)[C@H](O)[C@H]2OC[C@H](O)[C@@](C)(CO)O[C@@H]21. The highest BCUT2D eigenvalue weighted by Gasteiger charge is 2.57. The van der Waals surface area contributed by atoms with E-state index >= 15 is 0 Å². The first-order valence-electron chi connectivity index (χ1n) is 16.2. The fourth-order valence-electron chi connectivity index (χ4n) is 8.38. The number of rotatable bonds is 8. The molecule has 0 spiro atoms. The molecule has 0 unspecified atom stereocenters. The Morgan fingerprint density at radius 2 is 1.77 bits per heavy atom. The predicted molar refractivity (Wildman–Crippen MR) is 160 cm³/mol. The van der Waals surface area contributed by atoms with Gasteiger partial charge in [-0.2, -0.15) is 0 Å². The number of hydrogen-bond donors (Lipinski definition) is 5. The summed E-state index contributed by atoms with van der Waals surface area (Å²) >= 11 is 0. The highest BCUT2D eigenvalue weighted by atomic mass is 16.7. The lowest BCUT2D eigenvalue weighted by molar-refractivity contribution is -0.330. The van der Waals surface area contributed by atoms with E-state index in [1.165, 1.54) is 12.7 Å². The van der Waals surface area contributed by atoms with Crippen molar-refractivity contribution in [2.75, 3.05) is 40.6 Å². The van der Waals surface area contributed by atoms with Crippen LogP contribution in [-0.2, 0) is 28.4 Å². The van der Waals surface area contributed by atoms with E-state index < -0.39 is 72.2 Å². The van der Waals surface area contributed by atoms with E-state index in [0.717, 1.165) is 24.0 Å². The van der Waals surface area contributed by atoms with Crippen LogP contribution < -0.4 is 0 Å². The van der Waals surface area contributed by atoms with E-state index in [-0.39, 0.29) is 37.6 Å². The van der Waals surface area contributed by atoms with Gasteiger partial charge in [0, 0.05) is 19.6 Å². The van der Waals surface area contributed by atoms with Gasteiger partial charge in [-0.25, -0.2) is 0 Å². The Bertz CT molecular complexity index is 1090. The summed E-state index contributed by atoms with van der Waals surface area (Å²) in [5.74, 6) is -0.157. The van der Waals surface area contributed by atoms with Crippen molar-refractivity contribution in [3.63, 3.8) is 0 Å².